The van der Waals surface area contributed by atoms with E-state index in [9.17, 15) is 9.59 Å². The van der Waals surface area contributed by atoms with E-state index < -0.39 is 17.6 Å². The van der Waals surface area contributed by atoms with Crippen LogP contribution in [0.1, 0.15) is 39.5 Å². The molecule has 92 valence electrons. The molecule has 1 aliphatic rings. The van der Waals surface area contributed by atoms with Crippen LogP contribution in [0.3, 0.4) is 0 Å². The summed E-state index contributed by atoms with van der Waals surface area (Å²) in [5, 5.41) is 14.5. The van der Waals surface area contributed by atoms with Crippen LogP contribution in [0.4, 0.5) is 0 Å². The van der Waals surface area contributed by atoms with Crippen molar-refractivity contribution < 1.29 is 14.7 Å². The Bertz CT molecular complexity index is 272. The predicted octanol–water partition coefficient (Wildman–Crippen LogP) is 0.498. The molecule has 0 aromatic rings. The molecule has 1 amide bonds. The molecule has 0 radical (unpaired) electrons. The fourth-order valence-electron chi connectivity index (χ4n) is 2.15. The quantitative estimate of drug-likeness (QED) is 0.640. The van der Waals surface area contributed by atoms with Crippen LogP contribution in [0.2, 0.25) is 0 Å². The Kier molecular flexibility index (Phi) is 4.29. The Hall–Kier alpha value is -1.10. The molecule has 1 unspecified atom stereocenters. The van der Waals surface area contributed by atoms with Gasteiger partial charge in [-0.15, -0.1) is 0 Å². The molecule has 0 saturated carbocycles. The molecule has 1 rings (SSSR count). The number of carbonyl (C=O) groups is 2. The van der Waals surface area contributed by atoms with Crippen molar-refractivity contribution in [3.05, 3.63) is 0 Å². The van der Waals surface area contributed by atoms with Gasteiger partial charge in [0.25, 0.3) is 0 Å². The molecule has 0 spiro atoms. The predicted molar refractivity (Wildman–Crippen MR) is 60.1 cm³/mol. The van der Waals surface area contributed by atoms with E-state index in [4.69, 9.17) is 5.11 Å². The van der Waals surface area contributed by atoms with Crippen LogP contribution in [-0.4, -0.2) is 35.1 Å². The summed E-state index contributed by atoms with van der Waals surface area (Å²) < 4.78 is 0. The first kappa shape index (κ1) is 13.0. The van der Waals surface area contributed by atoms with Crippen molar-refractivity contribution in [1.29, 1.82) is 0 Å². The van der Waals surface area contributed by atoms with Gasteiger partial charge >= 0.3 is 5.97 Å². The van der Waals surface area contributed by atoms with Crippen LogP contribution in [0.25, 0.3) is 0 Å². The highest BCUT2D eigenvalue weighted by Gasteiger charge is 2.40. The fraction of sp³-hybridized carbons (Fsp3) is 0.818. The van der Waals surface area contributed by atoms with Gasteiger partial charge in [-0.05, 0) is 32.7 Å². The lowest BCUT2D eigenvalue weighted by molar-refractivity contribution is -0.142. The van der Waals surface area contributed by atoms with Gasteiger partial charge in [0.1, 0.15) is 6.04 Å². The molecule has 16 heavy (non-hydrogen) atoms. The summed E-state index contributed by atoms with van der Waals surface area (Å²) in [7, 11) is 0. The van der Waals surface area contributed by atoms with Crippen LogP contribution in [-0.2, 0) is 9.59 Å². The number of amides is 1. The number of carbonyl (C=O) groups excluding carboxylic acids is 1. The van der Waals surface area contributed by atoms with Crippen molar-refractivity contribution >= 4 is 11.9 Å². The van der Waals surface area contributed by atoms with Crippen LogP contribution in [0, 0.1) is 0 Å². The van der Waals surface area contributed by atoms with Gasteiger partial charge in [0.2, 0.25) is 5.91 Å². The zero-order valence-corrected chi connectivity index (χ0v) is 9.88. The van der Waals surface area contributed by atoms with Crippen molar-refractivity contribution in [2.75, 3.05) is 6.54 Å². The zero-order valence-electron chi connectivity index (χ0n) is 9.88. The van der Waals surface area contributed by atoms with Gasteiger partial charge in [-0.2, -0.15) is 0 Å². The second kappa shape index (κ2) is 5.30. The molecule has 3 N–H and O–H groups in total. The van der Waals surface area contributed by atoms with E-state index in [1.807, 2.05) is 6.92 Å². The molecule has 0 aliphatic carbocycles. The van der Waals surface area contributed by atoms with Crippen LogP contribution in [0.5, 0.6) is 0 Å². The molecular weight excluding hydrogens is 208 g/mol. The number of carboxylic acid groups (broad SMARTS) is 1. The number of nitrogens with one attached hydrogen (secondary N) is 2. The van der Waals surface area contributed by atoms with Crippen molar-refractivity contribution in [3.63, 3.8) is 0 Å². The van der Waals surface area contributed by atoms with E-state index in [1.54, 1.807) is 0 Å². The normalized spacial score (nSPS) is 26.4. The van der Waals surface area contributed by atoms with Gasteiger partial charge in [0.05, 0.1) is 5.54 Å². The second-order valence-electron chi connectivity index (χ2n) is 4.40. The number of aliphatic carboxylic acids is 1. The summed E-state index contributed by atoms with van der Waals surface area (Å²) in [5.74, 6) is -1.18. The third-order valence-electron chi connectivity index (χ3n) is 3.07. The molecule has 0 aromatic heterocycles. The highest BCUT2D eigenvalue weighted by atomic mass is 16.4. The Morgan fingerprint density at radius 2 is 2.25 bits per heavy atom. The first-order valence-corrected chi connectivity index (χ1v) is 5.80. The lowest BCUT2D eigenvalue weighted by atomic mass is 9.90. The van der Waals surface area contributed by atoms with Gasteiger partial charge < -0.3 is 15.7 Å². The number of carboxylic acids is 1. The topological polar surface area (TPSA) is 78.4 Å². The summed E-state index contributed by atoms with van der Waals surface area (Å²) in [4.78, 5) is 22.7. The summed E-state index contributed by atoms with van der Waals surface area (Å²) in [6, 6.07) is -0.830. The first-order valence-electron chi connectivity index (χ1n) is 5.80. The molecule has 1 saturated heterocycles. The summed E-state index contributed by atoms with van der Waals surface area (Å²) in [5.41, 5.74) is -0.543. The molecule has 5 heteroatoms. The minimum atomic E-state index is -1.00. The highest BCUT2D eigenvalue weighted by Crippen LogP contribution is 2.25. The molecule has 1 aliphatic heterocycles. The van der Waals surface area contributed by atoms with E-state index in [0.717, 1.165) is 32.2 Å². The van der Waals surface area contributed by atoms with Gasteiger partial charge in [-0.3, -0.25) is 9.59 Å². The molecule has 0 bridgehead atoms. The average Bonchev–Trinajstić information content (AvgIpc) is 2.68. The Balaban J connectivity index is 2.65. The second-order valence-corrected chi connectivity index (χ2v) is 4.40. The molecule has 0 aromatic carbocycles. The number of rotatable bonds is 5. The lowest BCUT2D eigenvalue weighted by Gasteiger charge is -2.28. The van der Waals surface area contributed by atoms with E-state index in [-0.39, 0.29) is 5.91 Å². The van der Waals surface area contributed by atoms with E-state index in [0.29, 0.717) is 0 Å². The van der Waals surface area contributed by atoms with Gasteiger partial charge in [-0.1, -0.05) is 13.3 Å². The Labute approximate surface area is 95.6 Å². The number of hydrogen-bond donors (Lipinski definition) is 3. The third kappa shape index (κ3) is 2.72. The lowest BCUT2D eigenvalue weighted by Crippen LogP contribution is -2.56. The monoisotopic (exact) mass is 228 g/mol. The molecular formula is C11H20N2O3. The van der Waals surface area contributed by atoms with Gasteiger partial charge in [0, 0.05) is 0 Å². The van der Waals surface area contributed by atoms with Gasteiger partial charge in [0.15, 0.2) is 0 Å². The Morgan fingerprint density at radius 1 is 1.56 bits per heavy atom. The molecule has 1 heterocycles. The number of hydrogen-bond acceptors (Lipinski definition) is 3. The average molecular weight is 228 g/mol. The maximum absolute atomic E-state index is 12.0. The minimum absolute atomic E-state index is 0.179. The summed E-state index contributed by atoms with van der Waals surface area (Å²) >= 11 is 0. The summed E-state index contributed by atoms with van der Waals surface area (Å²) in [6.45, 7) is 4.33. The summed E-state index contributed by atoms with van der Waals surface area (Å²) in [6.07, 6.45) is 3.42. The fourth-order valence-corrected chi connectivity index (χ4v) is 2.15. The van der Waals surface area contributed by atoms with Crippen molar-refractivity contribution in [2.24, 2.45) is 0 Å². The maximum Gasteiger partial charge on any atom is 0.325 e. The van der Waals surface area contributed by atoms with E-state index in [1.165, 1.54) is 6.92 Å². The highest BCUT2D eigenvalue weighted by molar-refractivity contribution is 5.90. The Morgan fingerprint density at radius 3 is 2.69 bits per heavy atom. The van der Waals surface area contributed by atoms with E-state index >= 15 is 0 Å². The van der Waals surface area contributed by atoms with Crippen LogP contribution < -0.4 is 10.6 Å². The molecule has 1 fully saturated rings. The largest absolute Gasteiger partial charge is 0.480 e. The zero-order chi connectivity index (χ0) is 12.2. The van der Waals surface area contributed by atoms with Crippen molar-refractivity contribution in [3.8, 4) is 0 Å². The van der Waals surface area contributed by atoms with Gasteiger partial charge in [-0.25, -0.2) is 0 Å². The van der Waals surface area contributed by atoms with Crippen LogP contribution >= 0.6 is 0 Å². The third-order valence-corrected chi connectivity index (χ3v) is 3.07. The smallest absolute Gasteiger partial charge is 0.325 e. The van der Waals surface area contributed by atoms with Crippen molar-refractivity contribution in [1.82, 2.24) is 10.6 Å². The minimum Gasteiger partial charge on any atom is -0.480 e. The first-order chi connectivity index (χ1) is 7.52. The molecule has 5 nitrogen and oxygen atoms in total. The maximum atomic E-state index is 12.0. The van der Waals surface area contributed by atoms with Crippen LogP contribution in [0.15, 0.2) is 0 Å². The molecule has 2 atom stereocenters. The van der Waals surface area contributed by atoms with Crippen molar-refractivity contribution in [2.45, 2.75) is 51.1 Å². The van der Waals surface area contributed by atoms with E-state index in [2.05, 4.69) is 10.6 Å². The standard InChI is InChI=1S/C11H20N2O3/c1-3-5-11(6-4-7-12-11)10(16)13-8(2)9(14)15/h8,12H,3-7H2,1-2H3,(H,13,16)(H,14,15)/t8-,11?/m1/s1. The SMILES string of the molecule is CCCC1(C(=O)N[C@H](C)C(=O)O)CCCN1.